The maximum Gasteiger partial charge on any atom is 0.225 e. The number of nitriles is 1. The Morgan fingerprint density at radius 1 is 1.27 bits per heavy atom. The Balaban J connectivity index is 2.03. The zero-order valence-electron chi connectivity index (χ0n) is 12.6. The SMILES string of the molecule is CC(C)CC(=O)Nc1ccc(Nc2ccccc2C#N)cn1. The summed E-state index contributed by atoms with van der Waals surface area (Å²) in [7, 11) is 0. The third-order valence-electron chi connectivity index (χ3n) is 2.95. The predicted octanol–water partition coefficient (Wildman–Crippen LogP) is 3.68. The number of amides is 1. The van der Waals surface area contributed by atoms with Crippen LogP contribution < -0.4 is 10.6 Å². The minimum atomic E-state index is -0.0435. The lowest BCUT2D eigenvalue weighted by atomic mass is 10.1. The Labute approximate surface area is 130 Å². The molecule has 0 saturated heterocycles. The standard InChI is InChI=1S/C17H18N4O/c1-12(2)9-17(22)21-16-8-7-14(11-19-16)20-15-6-4-3-5-13(15)10-18/h3-8,11-12,20H,9H2,1-2H3,(H,19,21,22). The quantitative estimate of drug-likeness (QED) is 0.881. The summed E-state index contributed by atoms with van der Waals surface area (Å²) in [5, 5.41) is 15.0. The fourth-order valence-electron chi connectivity index (χ4n) is 1.95. The molecule has 0 unspecified atom stereocenters. The summed E-state index contributed by atoms with van der Waals surface area (Å²) in [4.78, 5) is 15.9. The first-order valence-electron chi connectivity index (χ1n) is 7.10. The highest BCUT2D eigenvalue weighted by Crippen LogP contribution is 2.20. The van der Waals surface area contributed by atoms with Gasteiger partial charge in [-0.15, -0.1) is 0 Å². The van der Waals surface area contributed by atoms with E-state index in [0.29, 0.717) is 23.7 Å². The van der Waals surface area contributed by atoms with Crippen LogP contribution in [0, 0.1) is 17.2 Å². The van der Waals surface area contributed by atoms with Crippen LogP contribution in [0.1, 0.15) is 25.8 Å². The van der Waals surface area contributed by atoms with Gasteiger partial charge in [0.25, 0.3) is 0 Å². The molecule has 112 valence electrons. The van der Waals surface area contributed by atoms with Gasteiger partial charge in [0.1, 0.15) is 11.9 Å². The third kappa shape index (κ3) is 4.32. The van der Waals surface area contributed by atoms with Crippen molar-refractivity contribution in [2.75, 3.05) is 10.6 Å². The molecule has 0 fully saturated rings. The average Bonchev–Trinajstić information content (AvgIpc) is 2.49. The summed E-state index contributed by atoms with van der Waals surface area (Å²) in [6.07, 6.45) is 2.09. The molecule has 0 aliphatic rings. The Morgan fingerprint density at radius 2 is 2.05 bits per heavy atom. The van der Waals surface area contributed by atoms with Gasteiger partial charge in [-0.3, -0.25) is 4.79 Å². The molecule has 1 heterocycles. The van der Waals surface area contributed by atoms with Gasteiger partial charge < -0.3 is 10.6 Å². The van der Waals surface area contributed by atoms with Crippen molar-refractivity contribution >= 4 is 23.1 Å². The summed E-state index contributed by atoms with van der Waals surface area (Å²) in [5.74, 6) is 0.784. The van der Waals surface area contributed by atoms with E-state index >= 15 is 0 Å². The van der Waals surface area contributed by atoms with Crippen molar-refractivity contribution in [3.63, 3.8) is 0 Å². The highest BCUT2D eigenvalue weighted by Gasteiger charge is 2.06. The number of aromatic nitrogens is 1. The molecule has 0 atom stereocenters. The maximum atomic E-state index is 11.7. The monoisotopic (exact) mass is 294 g/mol. The zero-order valence-corrected chi connectivity index (χ0v) is 12.6. The topological polar surface area (TPSA) is 77.8 Å². The minimum Gasteiger partial charge on any atom is -0.353 e. The first-order valence-corrected chi connectivity index (χ1v) is 7.10. The lowest BCUT2D eigenvalue weighted by molar-refractivity contribution is -0.116. The van der Waals surface area contributed by atoms with E-state index in [9.17, 15) is 4.79 Å². The van der Waals surface area contributed by atoms with Gasteiger partial charge in [0.15, 0.2) is 0 Å². The van der Waals surface area contributed by atoms with Gasteiger partial charge in [0.05, 0.1) is 23.1 Å². The van der Waals surface area contributed by atoms with Crippen LogP contribution >= 0.6 is 0 Å². The lowest BCUT2D eigenvalue weighted by Gasteiger charge is -2.09. The van der Waals surface area contributed by atoms with Crippen LogP contribution in [0.4, 0.5) is 17.2 Å². The number of carbonyl (C=O) groups is 1. The Morgan fingerprint density at radius 3 is 2.68 bits per heavy atom. The molecule has 2 rings (SSSR count). The maximum absolute atomic E-state index is 11.7. The smallest absolute Gasteiger partial charge is 0.225 e. The number of para-hydroxylation sites is 1. The molecule has 5 heteroatoms. The molecule has 1 aromatic carbocycles. The molecule has 5 nitrogen and oxygen atoms in total. The fourth-order valence-corrected chi connectivity index (χ4v) is 1.95. The van der Waals surface area contributed by atoms with Gasteiger partial charge in [0.2, 0.25) is 5.91 Å². The molecule has 2 aromatic rings. The van der Waals surface area contributed by atoms with E-state index in [2.05, 4.69) is 21.7 Å². The summed E-state index contributed by atoms with van der Waals surface area (Å²) in [5.41, 5.74) is 2.05. The van der Waals surface area contributed by atoms with Crippen LogP contribution in [0.15, 0.2) is 42.6 Å². The van der Waals surface area contributed by atoms with Gasteiger partial charge in [-0.2, -0.15) is 5.26 Å². The van der Waals surface area contributed by atoms with E-state index in [-0.39, 0.29) is 5.91 Å². The Kier molecular flexibility index (Phi) is 5.10. The first kappa shape index (κ1) is 15.5. The second kappa shape index (κ2) is 7.23. The number of hydrogen-bond donors (Lipinski definition) is 2. The van der Waals surface area contributed by atoms with Crippen LogP contribution in [0.25, 0.3) is 0 Å². The Hall–Kier alpha value is -2.87. The van der Waals surface area contributed by atoms with Crippen LogP contribution in [0.3, 0.4) is 0 Å². The normalized spacial score (nSPS) is 10.1. The number of pyridine rings is 1. The van der Waals surface area contributed by atoms with E-state index in [1.54, 1.807) is 18.3 Å². The van der Waals surface area contributed by atoms with Gasteiger partial charge in [-0.05, 0) is 30.2 Å². The third-order valence-corrected chi connectivity index (χ3v) is 2.95. The number of anilines is 3. The Bertz CT molecular complexity index is 687. The molecule has 0 saturated carbocycles. The highest BCUT2D eigenvalue weighted by atomic mass is 16.1. The molecular formula is C17H18N4O. The number of carbonyl (C=O) groups excluding carboxylic acids is 1. The molecule has 22 heavy (non-hydrogen) atoms. The van der Waals surface area contributed by atoms with E-state index in [1.165, 1.54) is 0 Å². The molecule has 1 aromatic heterocycles. The minimum absolute atomic E-state index is 0.0435. The van der Waals surface area contributed by atoms with Crippen LogP contribution in [-0.4, -0.2) is 10.9 Å². The van der Waals surface area contributed by atoms with Crippen molar-refractivity contribution in [1.29, 1.82) is 5.26 Å². The molecule has 0 aliphatic carbocycles. The van der Waals surface area contributed by atoms with Crippen LogP contribution in [-0.2, 0) is 4.79 Å². The van der Waals surface area contributed by atoms with Crippen molar-refractivity contribution in [2.45, 2.75) is 20.3 Å². The summed E-state index contributed by atoms with van der Waals surface area (Å²) in [6.45, 7) is 3.99. The lowest BCUT2D eigenvalue weighted by Crippen LogP contribution is -2.14. The second-order valence-electron chi connectivity index (χ2n) is 5.36. The first-order chi connectivity index (χ1) is 10.6. The number of rotatable bonds is 5. The van der Waals surface area contributed by atoms with E-state index < -0.39 is 0 Å². The van der Waals surface area contributed by atoms with E-state index in [1.807, 2.05) is 38.1 Å². The van der Waals surface area contributed by atoms with Gasteiger partial charge in [0, 0.05) is 6.42 Å². The second-order valence-corrected chi connectivity index (χ2v) is 5.36. The fraction of sp³-hybridized carbons (Fsp3) is 0.235. The zero-order chi connectivity index (χ0) is 15.9. The van der Waals surface area contributed by atoms with E-state index in [4.69, 9.17) is 5.26 Å². The van der Waals surface area contributed by atoms with Gasteiger partial charge >= 0.3 is 0 Å². The van der Waals surface area contributed by atoms with Crippen molar-refractivity contribution in [1.82, 2.24) is 4.98 Å². The van der Waals surface area contributed by atoms with Crippen molar-refractivity contribution in [3.8, 4) is 6.07 Å². The molecule has 0 spiro atoms. The summed E-state index contributed by atoms with van der Waals surface area (Å²) < 4.78 is 0. The number of nitrogens with zero attached hydrogens (tertiary/aromatic N) is 2. The summed E-state index contributed by atoms with van der Waals surface area (Å²) in [6, 6.07) is 12.9. The number of nitrogens with one attached hydrogen (secondary N) is 2. The van der Waals surface area contributed by atoms with Crippen molar-refractivity contribution in [3.05, 3.63) is 48.2 Å². The van der Waals surface area contributed by atoms with Gasteiger partial charge in [-0.25, -0.2) is 4.98 Å². The molecule has 0 radical (unpaired) electrons. The highest BCUT2D eigenvalue weighted by molar-refractivity contribution is 5.90. The molecule has 0 bridgehead atoms. The predicted molar refractivity (Wildman–Crippen MR) is 86.8 cm³/mol. The number of hydrogen-bond acceptors (Lipinski definition) is 4. The molecule has 1 amide bonds. The largest absolute Gasteiger partial charge is 0.353 e. The molecule has 0 aliphatic heterocycles. The van der Waals surface area contributed by atoms with Crippen molar-refractivity contribution < 1.29 is 4.79 Å². The average molecular weight is 294 g/mol. The van der Waals surface area contributed by atoms with E-state index in [0.717, 1.165) is 11.4 Å². The van der Waals surface area contributed by atoms with Crippen molar-refractivity contribution in [2.24, 2.45) is 5.92 Å². The molecule has 2 N–H and O–H groups in total. The van der Waals surface area contributed by atoms with Crippen LogP contribution in [0.5, 0.6) is 0 Å². The van der Waals surface area contributed by atoms with Crippen LogP contribution in [0.2, 0.25) is 0 Å². The summed E-state index contributed by atoms with van der Waals surface area (Å²) >= 11 is 0. The molecular weight excluding hydrogens is 276 g/mol. The van der Waals surface area contributed by atoms with Gasteiger partial charge in [-0.1, -0.05) is 26.0 Å². The number of benzene rings is 1.